The fraction of sp³-hybridized carbons (Fsp3) is 0.0952. The van der Waals surface area contributed by atoms with Crippen molar-refractivity contribution in [3.8, 4) is 0 Å². The van der Waals surface area contributed by atoms with Crippen molar-refractivity contribution in [2.45, 2.75) is 13.1 Å². The molecule has 164 valence electrons. The van der Waals surface area contributed by atoms with Crippen molar-refractivity contribution in [3.63, 3.8) is 0 Å². The van der Waals surface area contributed by atoms with Crippen molar-refractivity contribution in [2.75, 3.05) is 10.6 Å². The Kier molecular flexibility index (Phi) is 7.37. The first-order valence-electron chi connectivity index (χ1n) is 9.37. The van der Waals surface area contributed by atoms with Gasteiger partial charge in [0.05, 0.1) is 39.5 Å². The minimum Gasteiger partial charge on any atom is -0.330 e. The molecule has 11 heteroatoms. The molecule has 2 N–H and O–H groups in total. The maximum Gasteiger partial charge on any atom is 0.176 e. The van der Waals surface area contributed by atoms with E-state index in [0.29, 0.717) is 39.1 Å². The zero-order valence-corrected chi connectivity index (χ0v) is 21.1. The SMILES string of the molecule is S=C(Nc1cnn(Cc2cccc(Cl)c2)c1)Nc1nn(Cc2ccc(Cl)c(Cl)c2)cc1Br. The summed E-state index contributed by atoms with van der Waals surface area (Å²) in [6.45, 7) is 1.14. The van der Waals surface area contributed by atoms with Crippen molar-refractivity contribution in [1.29, 1.82) is 0 Å². The van der Waals surface area contributed by atoms with Crippen molar-refractivity contribution < 1.29 is 0 Å². The maximum absolute atomic E-state index is 6.09. The van der Waals surface area contributed by atoms with Crippen LogP contribution in [0.1, 0.15) is 11.1 Å². The second-order valence-electron chi connectivity index (χ2n) is 6.91. The van der Waals surface area contributed by atoms with Gasteiger partial charge < -0.3 is 10.6 Å². The molecule has 0 bridgehead atoms. The average Bonchev–Trinajstić information content (AvgIpc) is 3.30. The summed E-state index contributed by atoms with van der Waals surface area (Å²) in [5.41, 5.74) is 2.80. The van der Waals surface area contributed by atoms with E-state index < -0.39 is 0 Å². The zero-order valence-electron chi connectivity index (χ0n) is 16.4. The van der Waals surface area contributed by atoms with Gasteiger partial charge in [-0.3, -0.25) is 9.36 Å². The van der Waals surface area contributed by atoms with Crippen molar-refractivity contribution in [2.24, 2.45) is 0 Å². The molecule has 0 radical (unpaired) electrons. The summed E-state index contributed by atoms with van der Waals surface area (Å²) in [5, 5.41) is 17.2. The Labute approximate surface area is 213 Å². The maximum atomic E-state index is 6.09. The van der Waals surface area contributed by atoms with Crippen LogP contribution < -0.4 is 10.6 Å². The van der Waals surface area contributed by atoms with Gasteiger partial charge in [-0.15, -0.1) is 0 Å². The van der Waals surface area contributed by atoms with Gasteiger partial charge in [0.25, 0.3) is 0 Å². The number of benzene rings is 2. The number of halogens is 4. The van der Waals surface area contributed by atoms with E-state index in [9.17, 15) is 0 Å². The third kappa shape index (κ3) is 6.02. The minimum absolute atomic E-state index is 0.396. The van der Waals surface area contributed by atoms with Crippen LogP contribution in [0.15, 0.2) is 65.5 Å². The normalized spacial score (nSPS) is 10.9. The standard InChI is InChI=1S/C21H16BrCl3N6S/c22-17-12-31(10-14-4-5-18(24)19(25)7-14)29-20(17)28-21(32)27-16-8-26-30(11-16)9-13-2-1-3-15(23)6-13/h1-8,11-12H,9-10H2,(H2,27,28,29,32). The Morgan fingerprint density at radius 1 is 0.938 bits per heavy atom. The number of aromatic nitrogens is 4. The van der Waals surface area contributed by atoms with Crippen LogP contribution in [0.4, 0.5) is 11.5 Å². The van der Waals surface area contributed by atoms with Crippen LogP contribution in [-0.2, 0) is 13.1 Å². The molecule has 0 fully saturated rings. The van der Waals surface area contributed by atoms with Crippen molar-refractivity contribution >= 4 is 79.6 Å². The molecule has 0 aliphatic rings. The molecule has 2 aromatic carbocycles. The predicted molar refractivity (Wildman–Crippen MR) is 138 cm³/mol. The van der Waals surface area contributed by atoms with Crippen LogP contribution in [0.3, 0.4) is 0 Å². The quantitative estimate of drug-likeness (QED) is 0.253. The van der Waals surface area contributed by atoms with Gasteiger partial charge in [0, 0.05) is 17.4 Å². The fourth-order valence-electron chi connectivity index (χ4n) is 2.99. The monoisotopic (exact) mass is 568 g/mol. The first kappa shape index (κ1) is 23.1. The first-order valence-corrected chi connectivity index (χ1v) is 11.7. The molecule has 0 unspecified atom stereocenters. The van der Waals surface area contributed by atoms with E-state index in [0.717, 1.165) is 21.3 Å². The number of anilines is 2. The van der Waals surface area contributed by atoms with Crippen LogP contribution in [0.25, 0.3) is 0 Å². The molecule has 2 heterocycles. The van der Waals surface area contributed by atoms with Crippen LogP contribution in [0.5, 0.6) is 0 Å². The van der Waals surface area contributed by atoms with Crippen molar-refractivity contribution in [3.05, 3.63) is 91.7 Å². The van der Waals surface area contributed by atoms with E-state index in [2.05, 4.69) is 36.8 Å². The lowest BCUT2D eigenvalue weighted by Gasteiger charge is -2.07. The van der Waals surface area contributed by atoms with Gasteiger partial charge in [-0.2, -0.15) is 10.2 Å². The second kappa shape index (κ2) is 10.2. The molecular formula is C21H16BrCl3N6S. The number of hydrogen-bond donors (Lipinski definition) is 2. The summed E-state index contributed by atoms with van der Waals surface area (Å²) < 4.78 is 4.36. The lowest BCUT2D eigenvalue weighted by molar-refractivity contribution is 0.687. The Balaban J connectivity index is 1.36. The highest BCUT2D eigenvalue weighted by Gasteiger charge is 2.10. The third-order valence-corrected chi connectivity index (χ3v) is 6.16. The summed E-state index contributed by atoms with van der Waals surface area (Å²) >= 11 is 27.1. The number of nitrogens with one attached hydrogen (secondary N) is 2. The first-order chi connectivity index (χ1) is 15.4. The van der Waals surface area contributed by atoms with Crippen LogP contribution in [-0.4, -0.2) is 24.7 Å². The largest absolute Gasteiger partial charge is 0.330 e. The Hall–Kier alpha value is -2.10. The topological polar surface area (TPSA) is 59.7 Å². The van der Waals surface area contributed by atoms with E-state index >= 15 is 0 Å². The molecule has 4 aromatic rings. The molecule has 0 atom stereocenters. The highest BCUT2D eigenvalue weighted by atomic mass is 79.9. The number of hydrogen-bond acceptors (Lipinski definition) is 3. The minimum atomic E-state index is 0.396. The van der Waals surface area contributed by atoms with Gasteiger partial charge in [-0.25, -0.2) is 0 Å². The molecule has 0 spiro atoms. The van der Waals surface area contributed by atoms with Gasteiger partial charge in [0.1, 0.15) is 0 Å². The highest BCUT2D eigenvalue weighted by molar-refractivity contribution is 9.10. The van der Waals surface area contributed by atoms with E-state index in [4.69, 9.17) is 47.0 Å². The number of nitrogens with zero attached hydrogens (tertiary/aromatic N) is 4. The van der Waals surface area contributed by atoms with Gasteiger partial charge >= 0.3 is 0 Å². The highest BCUT2D eigenvalue weighted by Crippen LogP contribution is 2.25. The summed E-state index contributed by atoms with van der Waals surface area (Å²) in [6, 6.07) is 13.2. The lowest BCUT2D eigenvalue weighted by atomic mass is 10.2. The summed E-state index contributed by atoms with van der Waals surface area (Å²) in [7, 11) is 0. The molecule has 0 aliphatic heterocycles. The lowest BCUT2D eigenvalue weighted by Crippen LogP contribution is -2.19. The number of thiocarbonyl (C=S) groups is 1. The smallest absolute Gasteiger partial charge is 0.176 e. The molecule has 0 saturated carbocycles. The Morgan fingerprint density at radius 2 is 1.72 bits per heavy atom. The summed E-state index contributed by atoms with van der Waals surface area (Å²) in [5.74, 6) is 0.592. The third-order valence-electron chi connectivity index (χ3n) is 4.40. The van der Waals surface area contributed by atoms with E-state index in [-0.39, 0.29) is 0 Å². The number of rotatable bonds is 6. The molecule has 2 aromatic heterocycles. The molecule has 0 amide bonds. The summed E-state index contributed by atoms with van der Waals surface area (Å²) in [4.78, 5) is 0. The van der Waals surface area contributed by atoms with Gasteiger partial charge in [-0.1, -0.05) is 53.0 Å². The summed E-state index contributed by atoms with van der Waals surface area (Å²) in [6.07, 6.45) is 5.43. The Bertz CT molecular complexity index is 1270. The molecule has 0 saturated heterocycles. The molecule has 4 rings (SSSR count). The zero-order chi connectivity index (χ0) is 22.7. The van der Waals surface area contributed by atoms with Crippen LogP contribution in [0, 0.1) is 0 Å². The molecular weight excluding hydrogens is 555 g/mol. The van der Waals surface area contributed by atoms with Crippen LogP contribution >= 0.6 is 63.0 Å². The molecule has 6 nitrogen and oxygen atoms in total. The fourth-order valence-corrected chi connectivity index (χ4v) is 4.16. The van der Waals surface area contributed by atoms with E-state index in [1.165, 1.54) is 0 Å². The average molecular weight is 571 g/mol. The second-order valence-corrected chi connectivity index (χ2v) is 9.42. The molecule has 32 heavy (non-hydrogen) atoms. The Morgan fingerprint density at radius 3 is 2.50 bits per heavy atom. The predicted octanol–water partition coefficient (Wildman–Crippen LogP) is 6.71. The van der Waals surface area contributed by atoms with Gasteiger partial charge in [-0.05, 0) is 63.5 Å². The van der Waals surface area contributed by atoms with E-state index in [1.54, 1.807) is 21.6 Å². The van der Waals surface area contributed by atoms with Gasteiger partial charge in [0.2, 0.25) is 0 Å². The molecule has 0 aliphatic carbocycles. The van der Waals surface area contributed by atoms with Crippen LogP contribution in [0.2, 0.25) is 15.1 Å². The van der Waals surface area contributed by atoms with E-state index in [1.807, 2.05) is 48.8 Å². The van der Waals surface area contributed by atoms with Crippen molar-refractivity contribution in [1.82, 2.24) is 19.6 Å². The van der Waals surface area contributed by atoms with Gasteiger partial charge in [0.15, 0.2) is 10.9 Å².